The van der Waals surface area contributed by atoms with E-state index in [0.717, 1.165) is 43.3 Å². The smallest absolute Gasteiger partial charge is 0.303 e. The lowest BCUT2D eigenvalue weighted by molar-refractivity contribution is -0.142. The molecule has 0 aromatic carbocycles. The lowest BCUT2D eigenvalue weighted by Crippen LogP contribution is -2.30. The van der Waals surface area contributed by atoms with Crippen molar-refractivity contribution in [2.45, 2.75) is 40.0 Å². The number of aryl methyl sites for hydroxylation is 1. The first-order valence-electron chi connectivity index (χ1n) is 7.35. The van der Waals surface area contributed by atoms with E-state index in [1.165, 1.54) is 12.5 Å². The molecule has 0 spiro atoms. The molecule has 0 unspecified atom stereocenters. The van der Waals surface area contributed by atoms with E-state index in [-0.39, 0.29) is 12.6 Å². The summed E-state index contributed by atoms with van der Waals surface area (Å²) in [6, 6.07) is 3.78. The van der Waals surface area contributed by atoms with Crippen LogP contribution in [0.5, 0.6) is 0 Å². The van der Waals surface area contributed by atoms with Gasteiger partial charge in [0.25, 0.3) is 0 Å². The zero-order valence-corrected chi connectivity index (χ0v) is 12.8. The van der Waals surface area contributed by atoms with Gasteiger partial charge in [-0.1, -0.05) is 0 Å². The lowest BCUT2D eigenvalue weighted by atomic mass is 10.1. The van der Waals surface area contributed by atoms with Crippen LogP contribution < -0.4 is 0 Å². The molecule has 0 fully saturated rings. The first kappa shape index (κ1) is 14.7. The average Bonchev–Trinajstić information content (AvgIpc) is 2.93. The molecule has 0 bridgehead atoms. The van der Waals surface area contributed by atoms with E-state index in [9.17, 15) is 4.79 Å². The number of rotatable bonds is 4. The Morgan fingerprint density at radius 1 is 1.41 bits per heavy atom. The van der Waals surface area contributed by atoms with Crippen LogP contribution in [0.1, 0.15) is 35.5 Å². The summed E-state index contributed by atoms with van der Waals surface area (Å²) >= 11 is 0. The SMILES string of the molecule is CC(=O)OCc1ccc(CN2CCc3nc(C)ncc3C2)o1. The molecule has 116 valence electrons. The van der Waals surface area contributed by atoms with Gasteiger partial charge < -0.3 is 9.15 Å². The maximum atomic E-state index is 10.8. The van der Waals surface area contributed by atoms with Crippen molar-refractivity contribution in [2.75, 3.05) is 6.54 Å². The minimum absolute atomic E-state index is 0.186. The summed E-state index contributed by atoms with van der Waals surface area (Å²) in [7, 11) is 0. The van der Waals surface area contributed by atoms with Crippen molar-refractivity contribution in [2.24, 2.45) is 0 Å². The monoisotopic (exact) mass is 301 g/mol. The fourth-order valence-corrected chi connectivity index (χ4v) is 2.59. The highest BCUT2D eigenvalue weighted by molar-refractivity contribution is 5.65. The molecule has 0 atom stereocenters. The van der Waals surface area contributed by atoms with Crippen LogP contribution in [0.4, 0.5) is 0 Å². The first-order valence-corrected chi connectivity index (χ1v) is 7.35. The molecule has 1 aliphatic rings. The van der Waals surface area contributed by atoms with Crippen LogP contribution in [-0.4, -0.2) is 27.4 Å². The van der Waals surface area contributed by atoms with Gasteiger partial charge >= 0.3 is 5.97 Å². The Kier molecular flexibility index (Phi) is 4.20. The second-order valence-corrected chi connectivity index (χ2v) is 5.50. The number of ether oxygens (including phenoxy) is 1. The minimum Gasteiger partial charge on any atom is -0.461 e. The highest BCUT2D eigenvalue weighted by Gasteiger charge is 2.19. The second kappa shape index (κ2) is 6.27. The van der Waals surface area contributed by atoms with Crippen LogP contribution in [0.2, 0.25) is 0 Å². The van der Waals surface area contributed by atoms with Crippen molar-refractivity contribution in [3.63, 3.8) is 0 Å². The standard InChI is InChI=1S/C16H19N3O3/c1-11-17-7-13-8-19(6-5-16(13)18-11)9-14-3-4-15(22-14)10-21-12(2)20/h3-4,7H,5-6,8-10H2,1-2H3. The number of furan rings is 1. The summed E-state index contributed by atoms with van der Waals surface area (Å²) in [5.41, 5.74) is 2.34. The highest BCUT2D eigenvalue weighted by atomic mass is 16.5. The van der Waals surface area contributed by atoms with Crippen molar-refractivity contribution >= 4 is 5.97 Å². The number of hydrogen-bond acceptors (Lipinski definition) is 6. The molecular weight excluding hydrogens is 282 g/mol. The Hall–Kier alpha value is -2.21. The number of nitrogens with zero attached hydrogens (tertiary/aromatic N) is 3. The predicted molar refractivity (Wildman–Crippen MR) is 78.8 cm³/mol. The van der Waals surface area contributed by atoms with Crippen LogP contribution >= 0.6 is 0 Å². The third-order valence-corrected chi connectivity index (χ3v) is 3.65. The van der Waals surface area contributed by atoms with Crippen LogP contribution in [0.25, 0.3) is 0 Å². The molecule has 1 aliphatic heterocycles. The van der Waals surface area contributed by atoms with E-state index in [4.69, 9.17) is 9.15 Å². The Morgan fingerprint density at radius 3 is 3.05 bits per heavy atom. The molecule has 3 heterocycles. The maximum absolute atomic E-state index is 10.8. The average molecular weight is 301 g/mol. The topological polar surface area (TPSA) is 68.5 Å². The van der Waals surface area contributed by atoms with E-state index in [1.807, 2.05) is 25.3 Å². The third-order valence-electron chi connectivity index (χ3n) is 3.65. The fourth-order valence-electron chi connectivity index (χ4n) is 2.59. The summed E-state index contributed by atoms with van der Waals surface area (Å²) in [5, 5.41) is 0. The molecule has 0 amide bonds. The molecule has 0 saturated carbocycles. The van der Waals surface area contributed by atoms with Gasteiger partial charge in [0, 0.05) is 43.9 Å². The summed E-state index contributed by atoms with van der Waals surface area (Å²) in [6.07, 6.45) is 2.85. The number of carbonyl (C=O) groups is 1. The highest BCUT2D eigenvalue weighted by Crippen LogP contribution is 2.19. The molecule has 0 saturated heterocycles. The quantitative estimate of drug-likeness (QED) is 0.805. The maximum Gasteiger partial charge on any atom is 0.303 e. The summed E-state index contributed by atoms with van der Waals surface area (Å²) in [4.78, 5) is 21.9. The van der Waals surface area contributed by atoms with Crippen LogP contribution in [-0.2, 0) is 35.6 Å². The third kappa shape index (κ3) is 3.51. The number of hydrogen-bond donors (Lipinski definition) is 0. The van der Waals surface area contributed by atoms with Crippen molar-refractivity contribution in [3.8, 4) is 0 Å². The van der Waals surface area contributed by atoms with Gasteiger partial charge in [0.2, 0.25) is 0 Å². The van der Waals surface area contributed by atoms with E-state index in [1.54, 1.807) is 0 Å². The minimum atomic E-state index is -0.305. The summed E-state index contributed by atoms with van der Waals surface area (Å²) in [5.74, 6) is 2.06. The van der Waals surface area contributed by atoms with Crippen molar-refractivity contribution in [1.82, 2.24) is 14.9 Å². The van der Waals surface area contributed by atoms with Gasteiger partial charge in [-0.15, -0.1) is 0 Å². The normalized spacial score (nSPS) is 14.6. The van der Waals surface area contributed by atoms with Gasteiger partial charge in [0.15, 0.2) is 0 Å². The number of aromatic nitrogens is 2. The predicted octanol–water partition coefficient (Wildman–Crippen LogP) is 2.00. The van der Waals surface area contributed by atoms with Crippen LogP contribution in [0.3, 0.4) is 0 Å². The van der Waals surface area contributed by atoms with Crippen molar-refractivity contribution in [3.05, 3.63) is 46.9 Å². The Bertz CT molecular complexity index is 681. The van der Waals surface area contributed by atoms with Gasteiger partial charge in [-0.3, -0.25) is 9.69 Å². The molecule has 3 rings (SSSR count). The van der Waals surface area contributed by atoms with Gasteiger partial charge in [-0.2, -0.15) is 0 Å². The summed E-state index contributed by atoms with van der Waals surface area (Å²) in [6.45, 7) is 6.00. The molecule has 0 N–H and O–H groups in total. The molecule has 22 heavy (non-hydrogen) atoms. The molecule has 6 nitrogen and oxygen atoms in total. The molecule has 0 aliphatic carbocycles. The van der Waals surface area contributed by atoms with Gasteiger partial charge in [0.1, 0.15) is 24.0 Å². The van der Waals surface area contributed by atoms with E-state index in [2.05, 4.69) is 14.9 Å². The number of esters is 1. The van der Waals surface area contributed by atoms with Crippen LogP contribution in [0.15, 0.2) is 22.7 Å². The number of fused-ring (bicyclic) bond motifs is 1. The van der Waals surface area contributed by atoms with Crippen molar-refractivity contribution in [1.29, 1.82) is 0 Å². The molecule has 2 aromatic heterocycles. The Morgan fingerprint density at radius 2 is 2.23 bits per heavy atom. The zero-order chi connectivity index (χ0) is 15.5. The zero-order valence-electron chi connectivity index (χ0n) is 12.8. The molecule has 0 radical (unpaired) electrons. The first-order chi connectivity index (χ1) is 10.6. The van der Waals surface area contributed by atoms with E-state index >= 15 is 0 Å². The largest absolute Gasteiger partial charge is 0.461 e. The Balaban J connectivity index is 1.60. The molecule has 6 heteroatoms. The van der Waals surface area contributed by atoms with Gasteiger partial charge in [-0.25, -0.2) is 9.97 Å². The van der Waals surface area contributed by atoms with Crippen molar-refractivity contribution < 1.29 is 13.9 Å². The van der Waals surface area contributed by atoms with Gasteiger partial charge in [-0.05, 0) is 19.1 Å². The number of carbonyl (C=O) groups excluding carboxylic acids is 1. The van der Waals surface area contributed by atoms with E-state index < -0.39 is 0 Å². The lowest BCUT2D eigenvalue weighted by Gasteiger charge is -2.27. The molecular formula is C16H19N3O3. The molecule has 2 aromatic rings. The summed E-state index contributed by atoms with van der Waals surface area (Å²) < 4.78 is 10.6. The second-order valence-electron chi connectivity index (χ2n) is 5.50. The van der Waals surface area contributed by atoms with Crippen LogP contribution in [0, 0.1) is 6.92 Å². The fraction of sp³-hybridized carbons (Fsp3) is 0.438. The van der Waals surface area contributed by atoms with E-state index in [0.29, 0.717) is 5.76 Å². The Labute approximate surface area is 129 Å². The van der Waals surface area contributed by atoms with Gasteiger partial charge in [0.05, 0.1) is 6.54 Å².